The summed E-state index contributed by atoms with van der Waals surface area (Å²) in [6.45, 7) is 8.74. The van der Waals surface area contributed by atoms with Crippen LogP contribution in [-0.4, -0.2) is 36.6 Å². The molecule has 1 heterocycles. The molecule has 2 nitrogen and oxygen atoms in total. The Morgan fingerprint density at radius 2 is 2.00 bits per heavy atom. The maximum atomic E-state index is 3.62. The Balaban J connectivity index is 1.58. The van der Waals surface area contributed by atoms with E-state index in [0.29, 0.717) is 0 Å². The van der Waals surface area contributed by atoms with Gasteiger partial charge in [-0.05, 0) is 77.4 Å². The molecule has 0 radical (unpaired) electrons. The highest BCUT2D eigenvalue weighted by atomic mass is 15.1. The van der Waals surface area contributed by atoms with Crippen molar-refractivity contribution in [3.05, 3.63) is 0 Å². The lowest BCUT2D eigenvalue weighted by Crippen LogP contribution is -2.34. The van der Waals surface area contributed by atoms with Crippen LogP contribution in [0.5, 0.6) is 0 Å². The summed E-state index contributed by atoms with van der Waals surface area (Å²) in [5.74, 6) is 0.948. The maximum absolute atomic E-state index is 3.62. The lowest BCUT2D eigenvalue weighted by molar-refractivity contribution is 0.202. The van der Waals surface area contributed by atoms with Crippen LogP contribution in [0, 0.1) is 5.92 Å². The molecule has 2 aliphatic rings. The van der Waals surface area contributed by atoms with Crippen LogP contribution < -0.4 is 5.32 Å². The molecule has 1 saturated carbocycles. The van der Waals surface area contributed by atoms with E-state index in [9.17, 15) is 0 Å². The van der Waals surface area contributed by atoms with E-state index in [1.54, 1.807) is 0 Å². The molecular formula is C15H30N2. The third-order valence-corrected chi connectivity index (χ3v) is 4.48. The monoisotopic (exact) mass is 238 g/mol. The van der Waals surface area contributed by atoms with Crippen molar-refractivity contribution in [1.29, 1.82) is 0 Å². The molecule has 0 bridgehead atoms. The number of nitrogens with one attached hydrogen (secondary N) is 1. The van der Waals surface area contributed by atoms with Crippen molar-refractivity contribution < 1.29 is 0 Å². The van der Waals surface area contributed by atoms with Gasteiger partial charge < -0.3 is 10.2 Å². The first-order valence-electron chi connectivity index (χ1n) is 7.73. The molecule has 0 aromatic carbocycles. The molecule has 2 heteroatoms. The molecule has 2 unspecified atom stereocenters. The quantitative estimate of drug-likeness (QED) is 0.716. The molecule has 2 atom stereocenters. The predicted molar refractivity (Wildman–Crippen MR) is 74.3 cm³/mol. The molecule has 1 N–H and O–H groups in total. The number of likely N-dealkylation sites (tertiary alicyclic amines) is 1. The van der Waals surface area contributed by atoms with Gasteiger partial charge in [0.15, 0.2) is 0 Å². The molecule has 2 fully saturated rings. The number of rotatable bonds is 6. The van der Waals surface area contributed by atoms with E-state index < -0.39 is 0 Å². The largest absolute Gasteiger partial charge is 0.314 e. The summed E-state index contributed by atoms with van der Waals surface area (Å²) >= 11 is 0. The summed E-state index contributed by atoms with van der Waals surface area (Å²) in [5.41, 5.74) is 0. The van der Waals surface area contributed by atoms with Crippen molar-refractivity contribution in [1.82, 2.24) is 10.2 Å². The Labute approximate surface area is 107 Å². The van der Waals surface area contributed by atoms with Crippen LogP contribution in [0.1, 0.15) is 58.8 Å². The highest BCUT2D eigenvalue weighted by Crippen LogP contribution is 2.20. The van der Waals surface area contributed by atoms with Gasteiger partial charge in [0.05, 0.1) is 0 Å². The third-order valence-electron chi connectivity index (χ3n) is 4.48. The second kappa shape index (κ2) is 6.75. The minimum absolute atomic E-state index is 0.793. The Kier molecular flexibility index (Phi) is 5.30. The van der Waals surface area contributed by atoms with Crippen LogP contribution in [-0.2, 0) is 0 Å². The van der Waals surface area contributed by atoms with E-state index in [1.165, 1.54) is 64.6 Å². The molecule has 2 rings (SSSR count). The first-order chi connectivity index (χ1) is 8.25. The highest BCUT2D eigenvalue weighted by molar-refractivity contribution is 4.81. The van der Waals surface area contributed by atoms with E-state index in [4.69, 9.17) is 0 Å². The van der Waals surface area contributed by atoms with Gasteiger partial charge in [-0.1, -0.05) is 6.92 Å². The molecule has 0 aromatic heterocycles. The maximum Gasteiger partial charge on any atom is 0.00682 e. The fraction of sp³-hybridized carbons (Fsp3) is 1.00. The SMILES string of the molecule is CC1CCCN(C(C)CCCNC2CC2)CC1. The second-order valence-corrected chi connectivity index (χ2v) is 6.29. The fourth-order valence-corrected chi connectivity index (χ4v) is 2.90. The van der Waals surface area contributed by atoms with Gasteiger partial charge in [-0.15, -0.1) is 0 Å². The van der Waals surface area contributed by atoms with Crippen molar-refractivity contribution in [2.24, 2.45) is 5.92 Å². The van der Waals surface area contributed by atoms with Gasteiger partial charge in [-0.25, -0.2) is 0 Å². The van der Waals surface area contributed by atoms with Crippen molar-refractivity contribution >= 4 is 0 Å². The molecule has 0 spiro atoms. The Morgan fingerprint density at radius 1 is 1.18 bits per heavy atom. The standard InChI is InChI=1S/C15H30N2/c1-13-5-4-11-17(12-9-13)14(2)6-3-10-16-15-7-8-15/h13-16H,3-12H2,1-2H3. The summed E-state index contributed by atoms with van der Waals surface area (Å²) in [6.07, 6.45) is 9.81. The summed E-state index contributed by atoms with van der Waals surface area (Å²) in [5, 5.41) is 3.62. The van der Waals surface area contributed by atoms with Crippen molar-refractivity contribution in [3.63, 3.8) is 0 Å². The lowest BCUT2D eigenvalue weighted by Gasteiger charge is -2.27. The van der Waals surface area contributed by atoms with Gasteiger partial charge in [0.2, 0.25) is 0 Å². The van der Waals surface area contributed by atoms with Crippen LogP contribution in [0.3, 0.4) is 0 Å². The lowest BCUT2D eigenvalue weighted by atomic mass is 10.0. The molecule has 100 valence electrons. The van der Waals surface area contributed by atoms with Crippen molar-refractivity contribution in [2.45, 2.75) is 70.9 Å². The van der Waals surface area contributed by atoms with E-state index in [1.807, 2.05) is 0 Å². The van der Waals surface area contributed by atoms with Crippen LogP contribution in [0.2, 0.25) is 0 Å². The summed E-state index contributed by atoms with van der Waals surface area (Å²) in [6, 6.07) is 1.67. The molecule has 0 amide bonds. The topological polar surface area (TPSA) is 15.3 Å². The smallest absolute Gasteiger partial charge is 0.00682 e. The minimum Gasteiger partial charge on any atom is -0.314 e. The highest BCUT2D eigenvalue weighted by Gasteiger charge is 2.20. The third kappa shape index (κ3) is 4.97. The molecule has 1 aliphatic carbocycles. The van der Waals surface area contributed by atoms with Crippen LogP contribution in [0.4, 0.5) is 0 Å². The Bertz CT molecular complexity index is 213. The zero-order chi connectivity index (χ0) is 12.1. The van der Waals surface area contributed by atoms with Crippen LogP contribution >= 0.6 is 0 Å². The summed E-state index contributed by atoms with van der Waals surface area (Å²) in [7, 11) is 0. The number of hydrogen-bond acceptors (Lipinski definition) is 2. The Morgan fingerprint density at radius 3 is 2.76 bits per heavy atom. The zero-order valence-corrected chi connectivity index (χ0v) is 11.8. The zero-order valence-electron chi connectivity index (χ0n) is 11.8. The molecule has 1 aliphatic heterocycles. The molecule has 0 aromatic rings. The van der Waals surface area contributed by atoms with E-state index in [2.05, 4.69) is 24.1 Å². The first-order valence-corrected chi connectivity index (χ1v) is 7.73. The van der Waals surface area contributed by atoms with E-state index in [0.717, 1.165) is 18.0 Å². The average molecular weight is 238 g/mol. The predicted octanol–water partition coefficient (Wildman–Crippen LogP) is 3.03. The average Bonchev–Trinajstić information content (AvgIpc) is 3.12. The summed E-state index contributed by atoms with van der Waals surface area (Å²) < 4.78 is 0. The molecule has 1 saturated heterocycles. The summed E-state index contributed by atoms with van der Waals surface area (Å²) in [4.78, 5) is 2.72. The van der Waals surface area contributed by atoms with E-state index >= 15 is 0 Å². The minimum atomic E-state index is 0.793. The second-order valence-electron chi connectivity index (χ2n) is 6.29. The van der Waals surface area contributed by atoms with Gasteiger partial charge in [0.25, 0.3) is 0 Å². The Hall–Kier alpha value is -0.0800. The van der Waals surface area contributed by atoms with Gasteiger partial charge in [-0.3, -0.25) is 0 Å². The van der Waals surface area contributed by atoms with Gasteiger partial charge in [0, 0.05) is 12.1 Å². The first kappa shape index (κ1) is 13.4. The van der Waals surface area contributed by atoms with Crippen LogP contribution in [0.15, 0.2) is 0 Å². The van der Waals surface area contributed by atoms with Crippen molar-refractivity contribution in [3.8, 4) is 0 Å². The van der Waals surface area contributed by atoms with Crippen LogP contribution in [0.25, 0.3) is 0 Å². The van der Waals surface area contributed by atoms with E-state index in [-0.39, 0.29) is 0 Å². The van der Waals surface area contributed by atoms with Gasteiger partial charge >= 0.3 is 0 Å². The number of nitrogens with zero attached hydrogens (tertiary/aromatic N) is 1. The molecule has 17 heavy (non-hydrogen) atoms. The fourth-order valence-electron chi connectivity index (χ4n) is 2.90. The van der Waals surface area contributed by atoms with Crippen molar-refractivity contribution in [2.75, 3.05) is 19.6 Å². The van der Waals surface area contributed by atoms with Gasteiger partial charge in [-0.2, -0.15) is 0 Å². The normalized spacial score (nSPS) is 28.9. The molecular weight excluding hydrogens is 208 g/mol. The number of hydrogen-bond donors (Lipinski definition) is 1. The van der Waals surface area contributed by atoms with Gasteiger partial charge in [0.1, 0.15) is 0 Å².